The Morgan fingerprint density at radius 1 is 1.00 bits per heavy atom. The molecule has 0 saturated carbocycles. The third kappa shape index (κ3) is 3.97. The lowest BCUT2D eigenvalue weighted by Gasteiger charge is -2.26. The maximum atomic E-state index is 13.3. The smallest absolute Gasteiger partial charge is 0.295 e. The summed E-state index contributed by atoms with van der Waals surface area (Å²) in [5, 5.41) is 12.3. The molecule has 6 heteroatoms. The van der Waals surface area contributed by atoms with Crippen LogP contribution in [0.1, 0.15) is 28.3 Å². The minimum absolute atomic E-state index is 0.0716. The van der Waals surface area contributed by atoms with Gasteiger partial charge in [-0.3, -0.25) is 9.59 Å². The first-order valence-electron chi connectivity index (χ1n) is 11.5. The summed E-state index contributed by atoms with van der Waals surface area (Å²) in [7, 11) is 1.55. The third-order valence-electron chi connectivity index (χ3n) is 6.60. The Balaban J connectivity index is 1.59. The van der Waals surface area contributed by atoms with Gasteiger partial charge in [-0.25, -0.2) is 0 Å². The summed E-state index contributed by atoms with van der Waals surface area (Å²) in [6.07, 6.45) is 2.49. The maximum absolute atomic E-state index is 13.3. The number of fused-ring (bicyclic) bond motifs is 1. The van der Waals surface area contributed by atoms with Gasteiger partial charge >= 0.3 is 0 Å². The summed E-state index contributed by atoms with van der Waals surface area (Å²) < 4.78 is 5.58. The lowest BCUT2D eigenvalue weighted by Crippen LogP contribution is -2.31. The van der Waals surface area contributed by atoms with Crippen LogP contribution in [-0.4, -0.2) is 40.3 Å². The second-order valence-electron chi connectivity index (χ2n) is 8.71. The molecular formula is C29H26N2O4. The second-order valence-corrected chi connectivity index (χ2v) is 8.71. The number of Topliss-reactive ketones (excluding diaryl/α,β-unsaturated/α-hetero) is 1. The summed E-state index contributed by atoms with van der Waals surface area (Å²) in [5.41, 5.74) is 4.32. The summed E-state index contributed by atoms with van der Waals surface area (Å²) in [6.45, 7) is 2.25. The van der Waals surface area contributed by atoms with E-state index in [0.717, 1.165) is 22.0 Å². The van der Waals surface area contributed by atoms with E-state index in [1.807, 2.05) is 67.7 Å². The van der Waals surface area contributed by atoms with Gasteiger partial charge in [-0.2, -0.15) is 0 Å². The zero-order valence-electron chi connectivity index (χ0n) is 19.6. The fourth-order valence-electron chi connectivity index (χ4n) is 4.77. The average Bonchev–Trinajstić information content (AvgIpc) is 3.41. The number of carbonyl (C=O) groups is 2. The molecule has 0 spiro atoms. The Kier molecular flexibility index (Phi) is 5.87. The molecule has 0 unspecified atom stereocenters. The third-order valence-corrected chi connectivity index (χ3v) is 6.60. The van der Waals surface area contributed by atoms with E-state index in [2.05, 4.69) is 4.98 Å². The van der Waals surface area contributed by atoms with Crippen LogP contribution in [0.4, 0.5) is 0 Å². The number of benzene rings is 3. The number of nitrogens with one attached hydrogen (secondary N) is 1. The minimum Gasteiger partial charge on any atom is -0.507 e. The fraction of sp³-hybridized carbons (Fsp3) is 0.172. The van der Waals surface area contributed by atoms with E-state index in [0.29, 0.717) is 29.8 Å². The number of likely N-dealkylation sites (tertiary alicyclic amines) is 1. The predicted molar refractivity (Wildman–Crippen MR) is 135 cm³/mol. The molecule has 1 aliphatic rings. The monoisotopic (exact) mass is 466 g/mol. The van der Waals surface area contributed by atoms with Crippen LogP contribution in [0.3, 0.4) is 0 Å². The van der Waals surface area contributed by atoms with Gasteiger partial charge in [-0.1, -0.05) is 66.2 Å². The first-order valence-corrected chi connectivity index (χ1v) is 11.5. The van der Waals surface area contributed by atoms with Crippen molar-refractivity contribution in [3.8, 4) is 5.75 Å². The Morgan fingerprint density at radius 3 is 2.49 bits per heavy atom. The molecular weight excluding hydrogens is 440 g/mol. The van der Waals surface area contributed by atoms with Gasteiger partial charge in [0, 0.05) is 34.8 Å². The lowest BCUT2D eigenvalue weighted by atomic mass is 9.94. The van der Waals surface area contributed by atoms with Crippen molar-refractivity contribution in [3.63, 3.8) is 0 Å². The van der Waals surface area contributed by atoms with E-state index in [4.69, 9.17) is 4.74 Å². The molecule has 1 saturated heterocycles. The zero-order chi connectivity index (χ0) is 24.5. The molecule has 176 valence electrons. The van der Waals surface area contributed by atoms with E-state index < -0.39 is 17.7 Å². The van der Waals surface area contributed by atoms with Crippen molar-refractivity contribution in [1.82, 2.24) is 9.88 Å². The molecule has 2 N–H and O–H groups in total. The summed E-state index contributed by atoms with van der Waals surface area (Å²) in [6, 6.07) is 21.7. The number of aliphatic hydroxyl groups is 1. The van der Waals surface area contributed by atoms with Crippen molar-refractivity contribution in [1.29, 1.82) is 0 Å². The molecule has 5 rings (SSSR count). The van der Waals surface area contributed by atoms with Crippen molar-refractivity contribution >= 4 is 28.4 Å². The van der Waals surface area contributed by atoms with E-state index in [1.54, 1.807) is 30.2 Å². The Hall–Kier alpha value is -4.32. The van der Waals surface area contributed by atoms with Crippen LogP contribution in [0.2, 0.25) is 0 Å². The molecule has 0 radical (unpaired) electrons. The van der Waals surface area contributed by atoms with Crippen LogP contribution >= 0.6 is 0 Å². The largest absolute Gasteiger partial charge is 0.507 e. The minimum atomic E-state index is -0.766. The Morgan fingerprint density at radius 2 is 1.71 bits per heavy atom. The highest BCUT2D eigenvalue weighted by molar-refractivity contribution is 6.46. The van der Waals surface area contributed by atoms with Crippen LogP contribution < -0.4 is 4.74 Å². The number of hydrogen-bond acceptors (Lipinski definition) is 4. The number of rotatable bonds is 6. The molecule has 1 fully saturated rings. The SMILES string of the molecule is COc1ccccc1[C@@H]1C(=C(O)c2ccc(C)cc2)C(=O)C(=O)N1CCc1c[nH]c2ccccc12. The highest BCUT2D eigenvalue weighted by atomic mass is 16.5. The van der Waals surface area contributed by atoms with E-state index >= 15 is 0 Å². The van der Waals surface area contributed by atoms with Gasteiger partial charge in [0.05, 0.1) is 18.7 Å². The number of ketones is 1. The van der Waals surface area contributed by atoms with Crippen LogP contribution in [-0.2, 0) is 16.0 Å². The van der Waals surface area contributed by atoms with E-state index in [9.17, 15) is 14.7 Å². The number of aryl methyl sites for hydroxylation is 1. The predicted octanol–water partition coefficient (Wildman–Crippen LogP) is 5.15. The number of aliphatic hydroxyl groups excluding tert-OH is 1. The molecule has 6 nitrogen and oxygen atoms in total. The standard InChI is InChI=1S/C29H26N2O4/c1-18-11-13-19(14-12-18)27(32)25-26(22-8-4-6-10-24(22)35-2)31(29(34)28(25)33)16-15-20-17-30-23-9-5-3-7-21(20)23/h3-14,17,26,30,32H,15-16H2,1-2H3/t26-/m1/s1. The number of nitrogens with zero attached hydrogens (tertiary/aromatic N) is 1. The summed E-state index contributed by atoms with van der Waals surface area (Å²) >= 11 is 0. The molecule has 1 amide bonds. The average molecular weight is 467 g/mol. The Labute approximate surface area is 203 Å². The lowest BCUT2D eigenvalue weighted by molar-refractivity contribution is -0.139. The van der Waals surface area contributed by atoms with E-state index in [1.165, 1.54) is 0 Å². The van der Waals surface area contributed by atoms with Crippen molar-refractivity contribution in [2.75, 3.05) is 13.7 Å². The first-order chi connectivity index (χ1) is 17.0. The van der Waals surface area contributed by atoms with Crippen molar-refractivity contribution in [2.24, 2.45) is 0 Å². The van der Waals surface area contributed by atoms with E-state index in [-0.39, 0.29) is 11.3 Å². The molecule has 1 aromatic heterocycles. The first kappa shape index (κ1) is 22.5. The van der Waals surface area contributed by atoms with Crippen molar-refractivity contribution < 1.29 is 19.4 Å². The van der Waals surface area contributed by atoms with Gasteiger partial charge in [0.1, 0.15) is 11.5 Å². The topological polar surface area (TPSA) is 82.6 Å². The zero-order valence-corrected chi connectivity index (χ0v) is 19.6. The van der Waals surface area contributed by atoms with Crippen LogP contribution in [0.15, 0.2) is 84.6 Å². The van der Waals surface area contributed by atoms with Crippen LogP contribution in [0, 0.1) is 6.92 Å². The Bertz CT molecular complexity index is 1450. The highest BCUT2D eigenvalue weighted by Crippen LogP contribution is 2.42. The van der Waals surface area contributed by atoms with Gasteiger partial charge < -0.3 is 19.7 Å². The highest BCUT2D eigenvalue weighted by Gasteiger charge is 2.46. The molecule has 35 heavy (non-hydrogen) atoms. The van der Waals surface area contributed by atoms with Gasteiger partial charge in [0.2, 0.25) is 0 Å². The number of ether oxygens (including phenoxy) is 1. The quantitative estimate of drug-likeness (QED) is 0.234. The number of carbonyl (C=O) groups excluding carboxylic acids is 2. The number of aromatic amines is 1. The normalized spacial score (nSPS) is 17.3. The van der Waals surface area contributed by atoms with Gasteiger partial charge in [0.15, 0.2) is 0 Å². The van der Waals surface area contributed by atoms with Gasteiger partial charge in [-0.15, -0.1) is 0 Å². The molecule has 0 bridgehead atoms. The molecule has 3 aromatic carbocycles. The summed E-state index contributed by atoms with van der Waals surface area (Å²) in [4.78, 5) is 31.4. The number of para-hydroxylation sites is 2. The molecule has 1 aliphatic heterocycles. The number of amides is 1. The molecule has 0 aliphatic carbocycles. The summed E-state index contributed by atoms with van der Waals surface area (Å²) in [5.74, 6) is -0.965. The van der Waals surface area contributed by atoms with Gasteiger partial charge in [0.25, 0.3) is 11.7 Å². The molecule has 4 aromatic rings. The van der Waals surface area contributed by atoms with Crippen molar-refractivity contribution in [2.45, 2.75) is 19.4 Å². The number of H-pyrrole nitrogens is 1. The molecule has 1 atom stereocenters. The number of hydrogen-bond donors (Lipinski definition) is 2. The second kappa shape index (κ2) is 9.14. The molecule has 2 heterocycles. The number of methoxy groups -OCH3 is 1. The van der Waals surface area contributed by atoms with Crippen LogP contribution in [0.5, 0.6) is 5.75 Å². The van der Waals surface area contributed by atoms with Crippen LogP contribution in [0.25, 0.3) is 16.7 Å². The maximum Gasteiger partial charge on any atom is 0.295 e. The number of aromatic nitrogens is 1. The van der Waals surface area contributed by atoms with Crippen molar-refractivity contribution in [3.05, 3.63) is 107 Å². The fourth-order valence-corrected chi connectivity index (χ4v) is 4.77. The van der Waals surface area contributed by atoms with Gasteiger partial charge in [-0.05, 0) is 31.0 Å².